The number of rotatable bonds is 3. The van der Waals surface area contributed by atoms with Crippen molar-refractivity contribution in [1.29, 1.82) is 0 Å². The van der Waals surface area contributed by atoms with E-state index in [9.17, 15) is 9.90 Å². The van der Waals surface area contributed by atoms with Crippen molar-refractivity contribution < 1.29 is 14.6 Å². The van der Waals surface area contributed by atoms with Gasteiger partial charge in [0.05, 0.1) is 12.7 Å². The molecule has 1 fully saturated rings. The van der Waals surface area contributed by atoms with Crippen LogP contribution in [0.4, 0.5) is 0 Å². The van der Waals surface area contributed by atoms with Crippen LogP contribution >= 0.6 is 11.6 Å². The second kappa shape index (κ2) is 5.70. The van der Waals surface area contributed by atoms with Crippen LogP contribution in [0.3, 0.4) is 0 Å². The van der Waals surface area contributed by atoms with Gasteiger partial charge < -0.3 is 14.7 Å². The van der Waals surface area contributed by atoms with Gasteiger partial charge in [0, 0.05) is 18.5 Å². The van der Waals surface area contributed by atoms with Crippen molar-refractivity contribution in [1.82, 2.24) is 4.90 Å². The van der Waals surface area contributed by atoms with E-state index in [0.29, 0.717) is 24.1 Å². The van der Waals surface area contributed by atoms with Gasteiger partial charge in [-0.3, -0.25) is 4.79 Å². The minimum Gasteiger partial charge on any atom is -0.507 e. The molecule has 0 aliphatic carbocycles. The lowest BCUT2D eigenvalue weighted by Gasteiger charge is -2.25. The molecule has 1 aromatic rings. The first-order valence-electron chi connectivity index (χ1n) is 6.32. The van der Waals surface area contributed by atoms with Crippen LogP contribution in [0.25, 0.3) is 0 Å². The number of hydrogen-bond donors (Lipinski definition) is 1. The molecule has 1 N–H and O–H groups in total. The van der Waals surface area contributed by atoms with Crippen molar-refractivity contribution in [3.63, 3.8) is 0 Å². The maximum Gasteiger partial charge on any atom is 0.258 e. The summed E-state index contributed by atoms with van der Waals surface area (Å²) in [7, 11) is 1.53. The Morgan fingerprint density at radius 1 is 1.58 bits per heavy atom. The standard InChI is InChI=1S/C14H18ClNO3/c1-9-5-6-16(12(9)8-15)14(18)11-7-10(19-2)3-4-13(11)17/h3-4,7,9,12,17H,5-6,8H2,1-2H3. The predicted molar refractivity (Wildman–Crippen MR) is 74.0 cm³/mol. The van der Waals surface area contributed by atoms with E-state index in [-0.39, 0.29) is 23.3 Å². The van der Waals surface area contributed by atoms with Crippen LogP contribution in [-0.2, 0) is 0 Å². The van der Waals surface area contributed by atoms with Gasteiger partial charge in [0.2, 0.25) is 0 Å². The number of benzene rings is 1. The van der Waals surface area contributed by atoms with Gasteiger partial charge in [0.15, 0.2) is 0 Å². The average Bonchev–Trinajstić information content (AvgIpc) is 2.79. The number of amides is 1. The number of likely N-dealkylation sites (tertiary alicyclic amines) is 1. The van der Waals surface area contributed by atoms with Crippen LogP contribution in [-0.4, -0.2) is 41.5 Å². The molecule has 5 heteroatoms. The molecule has 4 nitrogen and oxygen atoms in total. The lowest BCUT2D eigenvalue weighted by atomic mass is 10.0. The van der Waals surface area contributed by atoms with Crippen molar-refractivity contribution in [2.75, 3.05) is 19.5 Å². The third kappa shape index (κ3) is 2.63. The van der Waals surface area contributed by atoms with E-state index >= 15 is 0 Å². The second-order valence-corrected chi connectivity index (χ2v) is 5.18. The first-order chi connectivity index (χ1) is 9.08. The lowest BCUT2D eigenvalue weighted by molar-refractivity contribution is 0.0733. The van der Waals surface area contributed by atoms with E-state index in [4.69, 9.17) is 16.3 Å². The van der Waals surface area contributed by atoms with Gasteiger partial charge in [-0.15, -0.1) is 11.6 Å². The zero-order valence-electron chi connectivity index (χ0n) is 11.1. The Morgan fingerprint density at radius 3 is 2.95 bits per heavy atom. The molecule has 104 valence electrons. The average molecular weight is 284 g/mol. The van der Waals surface area contributed by atoms with Crippen LogP contribution in [0.5, 0.6) is 11.5 Å². The molecule has 1 aliphatic heterocycles. The van der Waals surface area contributed by atoms with Crippen LogP contribution in [0.2, 0.25) is 0 Å². The number of ether oxygens (including phenoxy) is 1. The Morgan fingerprint density at radius 2 is 2.32 bits per heavy atom. The molecule has 2 atom stereocenters. The number of carbonyl (C=O) groups is 1. The highest BCUT2D eigenvalue weighted by Crippen LogP contribution is 2.30. The summed E-state index contributed by atoms with van der Waals surface area (Å²) < 4.78 is 5.09. The van der Waals surface area contributed by atoms with Gasteiger partial charge in [0.1, 0.15) is 11.5 Å². The van der Waals surface area contributed by atoms with Crippen LogP contribution in [0.1, 0.15) is 23.7 Å². The van der Waals surface area contributed by atoms with Crippen molar-refractivity contribution in [2.24, 2.45) is 5.92 Å². The Balaban J connectivity index is 2.29. The summed E-state index contributed by atoms with van der Waals surface area (Å²) in [4.78, 5) is 14.2. The smallest absolute Gasteiger partial charge is 0.258 e. The van der Waals surface area contributed by atoms with E-state index < -0.39 is 0 Å². The van der Waals surface area contributed by atoms with E-state index in [1.54, 1.807) is 17.0 Å². The summed E-state index contributed by atoms with van der Waals surface area (Å²) in [5, 5.41) is 9.85. The molecule has 0 radical (unpaired) electrons. The largest absolute Gasteiger partial charge is 0.507 e. The van der Waals surface area contributed by atoms with Gasteiger partial charge in [-0.1, -0.05) is 6.92 Å². The van der Waals surface area contributed by atoms with E-state index in [2.05, 4.69) is 6.92 Å². The van der Waals surface area contributed by atoms with Crippen LogP contribution in [0.15, 0.2) is 18.2 Å². The molecule has 0 spiro atoms. The van der Waals surface area contributed by atoms with Gasteiger partial charge in [-0.2, -0.15) is 0 Å². The molecule has 1 heterocycles. The maximum atomic E-state index is 12.5. The molecule has 19 heavy (non-hydrogen) atoms. The number of halogens is 1. The molecule has 2 rings (SSSR count). The monoisotopic (exact) mass is 283 g/mol. The van der Waals surface area contributed by atoms with Crippen molar-refractivity contribution in [3.05, 3.63) is 23.8 Å². The number of phenolic OH excluding ortho intramolecular Hbond substituents is 1. The Bertz CT molecular complexity index is 478. The van der Waals surface area contributed by atoms with Gasteiger partial charge >= 0.3 is 0 Å². The summed E-state index contributed by atoms with van der Waals surface area (Å²) in [5.74, 6) is 1.13. The summed E-state index contributed by atoms with van der Waals surface area (Å²) in [5.41, 5.74) is 0.267. The van der Waals surface area contributed by atoms with E-state index in [0.717, 1.165) is 6.42 Å². The molecular formula is C14H18ClNO3. The Hall–Kier alpha value is -1.42. The highest BCUT2D eigenvalue weighted by atomic mass is 35.5. The second-order valence-electron chi connectivity index (χ2n) is 4.87. The van der Waals surface area contributed by atoms with Crippen molar-refractivity contribution in [2.45, 2.75) is 19.4 Å². The van der Waals surface area contributed by atoms with Gasteiger partial charge in [0.25, 0.3) is 5.91 Å². The molecule has 1 aromatic carbocycles. The molecule has 1 amide bonds. The number of nitrogens with zero attached hydrogens (tertiary/aromatic N) is 1. The Labute approximate surface area is 117 Å². The number of phenols is 1. The molecule has 0 bridgehead atoms. The summed E-state index contributed by atoms with van der Waals surface area (Å²) in [6.45, 7) is 2.76. The molecule has 1 saturated heterocycles. The minimum absolute atomic E-state index is 0.0276. The number of methoxy groups -OCH3 is 1. The number of hydrogen-bond acceptors (Lipinski definition) is 3. The SMILES string of the molecule is COc1ccc(O)c(C(=O)N2CCC(C)C2CCl)c1. The van der Waals surface area contributed by atoms with Crippen LogP contribution < -0.4 is 4.74 Å². The highest BCUT2D eigenvalue weighted by Gasteiger charge is 2.35. The third-order valence-corrected chi connectivity index (χ3v) is 4.05. The lowest BCUT2D eigenvalue weighted by Crippen LogP contribution is -2.38. The summed E-state index contributed by atoms with van der Waals surface area (Å²) in [6, 6.07) is 4.69. The predicted octanol–water partition coefficient (Wildman–Crippen LogP) is 2.49. The molecule has 0 saturated carbocycles. The first kappa shape index (κ1) is 14.0. The van der Waals surface area contributed by atoms with Gasteiger partial charge in [-0.05, 0) is 30.5 Å². The normalized spacial score (nSPS) is 22.6. The van der Waals surface area contributed by atoms with Gasteiger partial charge in [-0.25, -0.2) is 0 Å². The number of carbonyl (C=O) groups excluding carboxylic acids is 1. The molecule has 1 aliphatic rings. The van der Waals surface area contributed by atoms with Crippen molar-refractivity contribution >= 4 is 17.5 Å². The molecule has 0 aromatic heterocycles. The zero-order chi connectivity index (χ0) is 14.0. The molecule has 2 unspecified atom stereocenters. The fourth-order valence-corrected chi connectivity index (χ4v) is 2.93. The van der Waals surface area contributed by atoms with Crippen LogP contribution in [0, 0.1) is 5.92 Å². The van der Waals surface area contributed by atoms with E-state index in [1.165, 1.54) is 13.2 Å². The Kier molecular flexibility index (Phi) is 4.20. The minimum atomic E-state index is -0.189. The highest BCUT2D eigenvalue weighted by molar-refractivity contribution is 6.18. The first-order valence-corrected chi connectivity index (χ1v) is 6.86. The number of aromatic hydroxyl groups is 1. The van der Waals surface area contributed by atoms with Crippen molar-refractivity contribution in [3.8, 4) is 11.5 Å². The summed E-state index contributed by atoms with van der Waals surface area (Å²) in [6.07, 6.45) is 0.938. The van der Waals surface area contributed by atoms with E-state index in [1.807, 2.05) is 0 Å². The fourth-order valence-electron chi connectivity index (χ4n) is 2.46. The molecular weight excluding hydrogens is 266 g/mol. The number of alkyl halides is 1. The zero-order valence-corrected chi connectivity index (χ0v) is 11.9. The topological polar surface area (TPSA) is 49.8 Å². The fraction of sp³-hybridized carbons (Fsp3) is 0.500. The third-order valence-electron chi connectivity index (χ3n) is 3.74. The summed E-state index contributed by atoms with van der Waals surface area (Å²) >= 11 is 5.95. The quantitative estimate of drug-likeness (QED) is 0.867. The maximum absolute atomic E-state index is 12.5.